The summed E-state index contributed by atoms with van der Waals surface area (Å²) >= 11 is 0. The number of rotatable bonds is 3. The molecule has 1 aliphatic rings. The van der Waals surface area contributed by atoms with Gasteiger partial charge in [0.05, 0.1) is 11.5 Å². The molecule has 0 aliphatic heterocycles. The van der Waals surface area contributed by atoms with Gasteiger partial charge in [-0.1, -0.05) is 0 Å². The molecule has 1 saturated carbocycles. The number of Topliss-reactive ketones (excluding diaryl/α,β-unsaturated/α-hetero) is 2. The zero-order valence-corrected chi connectivity index (χ0v) is 9.02. The first-order valence-corrected chi connectivity index (χ1v) is 5.11. The first kappa shape index (κ1) is 12.4. The highest BCUT2D eigenvalue weighted by molar-refractivity contribution is 6.08. The molecule has 16 heavy (non-hydrogen) atoms. The van der Waals surface area contributed by atoms with Gasteiger partial charge >= 0.3 is 5.97 Å². The minimum atomic E-state index is -1.30. The first-order chi connectivity index (χ1) is 7.41. The van der Waals surface area contributed by atoms with Gasteiger partial charge in [0.15, 0.2) is 0 Å². The summed E-state index contributed by atoms with van der Waals surface area (Å²) in [5.41, 5.74) is -1.28. The summed E-state index contributed by atoms with van der Waals surface area (Å²) in [6.45, 7) is 1.45. The second-order valence-electron chi connectivity index (χ2n) is 4.26. The SMILES string of the molecule is CC1(CC(C#N)C(=O)O)C(=O)CCCC1=O. The Labute approximate surface area is 93.1 Å². The maximum atomic E-state index is 11.7. The van der Waals surface area contributed by atoms with E-state index in [1.807, 2.05) is 0 Å². The van der Waals surface area contributed by atoms with Crippen LogP contribution in [0.15, 0.2) is 0 Å². The fourth-order valence-electron chi connectivity index (χ4n) is 1.94. The van der Waals surface area contributed by atoms with E-state index in [0.29, 0.717) is 19.3 Å². The highest BCUT2D eigenvalue weighted by atomic mass is 16.4. The Hall–Kier alpha value is -1.70. The molecule has 1 unspecified atom stereocenters. The van der Waals surface area contributed by atoms with Crippen LogP contribution < -0.4 is 0 Å². The van der Waals surface area contributed by atoms with Crippen molar-refractivity contribution < 1.29 is 19.5 Å². The topological polar surface area (TPSA) is 95.2 Å². The maximum absolute atomic E-state index is 11.7. The van der Waals surface area contributed by atoms with Crippen LogP contribution in [0.1, 0.15) is 32.6 Å². The van der Waals surface area contributed by atoms with E-state index in [1.54, 1.807) is 6.07 Å². The lowest BCUT2D eigenvalue weighted by Crippen LogP contribution is -2.42. The quantitative estimate of drug-likeness (QED) is 0.718. The summed E-state index contributed by atoms with van der Waals surface area (Å²) in [7, 11) is 0. The van der Waals surface area contributed by atoms with Gasteiger partial charge in [-0.15, -0.1) is 0 Å². The summed E-state index contributed by atoms with van der Waals surface area (Å²) in [5, 5.41) is 17.4. The number of carbonyl (C=O) groups excluding carboxylic acids is 2. The summed E-state index contributed by atoms with van der Waals surface area (Å²) in [5.74, 6) is -3.07. The highest BCUT2D eigenvalue weighted by Gasteiger charge is 2.45. The summed E-state index contributed by atoms with van der Waals surface area (Å²) < 4.78 is 0. The predicted octanol–water partition coefficient (Wildman–Crippen LogP) is 0.929. The lowest BCUT2D eigenvalue weighted by atomic mass is 9.69. The van der Waals surface area contributed by atoms with Gasteiger partial charge in [-0.05, 0) is 19.8 Å². The van der Waals surface area contributed by atoms with Crippen LogP contribution in [-0.2, 0) is 14.4 Å². The molecule has 0 aromatic rings. The van der Waals surface area contributed by atoms with Gasteiger partial charge < -0.3 is 5.11 Å². The van der Waals surface area contributed by atoms with E-state index in [-0.39, 0.29) is 18.0 Å². The Balaban J connectivity index is 2.91. The average Bonchev–Trinajstić information content (AvgIpc) is 2.22. The summed E-state index contributed by atoms with van der Waals surface area (Å²) in [6.07, 6.45) is 0.897. The molecule has 0 aromatic heterocycles. The van der Waals surface area contributed by atoms with Crippen LogP contribution in [-0.4, -0.2) is 22.6 Å². The van der Waals surface area contributed by atoms with Crippen LogP contribution in [0.5, 0.6) is 0 Å². The van der Waals surface area contributed by atoms with E-state index in [1.165, 1.54) is 6.92 Å². The van der Waals surface area contributed by atoms with Crippen LogP contribution in [0.2, 0.25) is 0 Å². The van der Waals surface area contributed by atoms with Gasteiger partial charge in [0.1, 0.15) is 17.5 Å². The fourth-order valence-corrected chi connectivity index (χ4v) is 1.94. The van der Waals surface area contributed by atoms with E-state index < -0.39 is 17.3 Å². The third-order valence-corrected chi connectivity index (χ3v) is 3.10. The molecule has 0 radical (unpaired) electrons. The standard InChI is InChI=1S/C11H13NO4/c1-11(5-7(6-12)10(15)16)8(13)3-2-4-9(11)14/h7H,2-5H2,1H3,(H,15,16). The van der Waals surface area contributed by atoms with Crippen LogP contribution in [0.25, 0.3) is 0 Å². The van der Waals surface area contributed by atoms with Crippen molar-refractivity contribution in [2.45, 2.75) is 32.6 Å². The van der Waals surface area contributed by atoms with Crippen molar-refractivity contribution in [3.05, 3.63) is 0 Å². The van der Waals surface area contributed by atoms with E-state index in [2.05, 4.69) is 0 Å². The normalized spacial score (nSPS) is 21.2. The second kappa shape index (κ2) is 4.44. The Kier molecular flexibility index (Phi) is 3.43. The summed E-state index contributed by atoms with van der Waals surface area (Å²) in [4.78, 5) is 34.1. The van der Waals surface area contributed by atoms with E-state index in [9.17, 15) is 14.4 Å². The van der Waals surface area contributed by atoms with Crippen LogP contribution in [0.3, 0.4) is 0 Å². The molecule has 1 rings (SSSR count). The molecule has 86 valence electrons. The van der Waals surface area contributed by atoms with Crippen molar-refractivity contribution in [3.8, 4) is 6.07 Å². The van der Waals surface area contributed by atoms with E-state index in [4.69, 9.17) is 10.4 Å². The van der Waals surface area contributed by atoms with Crippen molar-refractivity contribution in [1.82, 2.24) is 0 Å². The molecule has 0 heterocycles. The third-order valence-electron chi connectivity index (χ3n) is 3.10. The van der Waals surface area contributed by atoms with Crippen LogP contribution >= 0.6 is 0 Å². The molecule has 1 atom stereocenters. The smallest absolute Gasteiger partial charge is 0.320 e. The number of nitrogens with zero attached hydrogens (tertiary/aromatic N) is 1. The number of ketones is 2. The summed E-state index contributed by atoms with van der Waals surface area (Å²) in [6, 6.07) is 1.61. The third kappa shape index (κ3) is 2.11. The van der Waals surface area contributed by atoms with Gasteiger partial charge in [0.25, 0.3) is 0 Å². The predicted molar refractivity (Wildman–Crippen MR) is 53.3 cm³/mol. The van der Waals surface area contributed by atoms with Gasteiger partial charge in [-0.25, -0.2) is 0 Å². The van der Waals surface area contributed by atoms with E-state index >= 15 is 0 Å². The minimum Gasteiger partial charge on any atom is -0.480 e. The lowest BCUT2D eigenvalue weighted by molar-refractivity contribution is -0.146. The molecule has 5 heteroatoms. The number of carboxylic acid groups (broad SMARTS) is 1. The average molecular weight is 223 g/mol. The van der Waals surface area contributed by atoms with Crippen LogP contribution in [0.4, 0.5) is 0 Å². The van der Waals surface area contributed by atoms with Gasteiger partial charge in [-0.2, -0.15) is 5.26 Å². The van der Waals surface area contributed by atoms with E-state index in [0.717, 1.165) is 0 Å². The van der Waals surface area contributed by atoms with Gasteiger partial charge in [-0.3, -0.25) is 14.4 Å². The number of hydrogen-bond donors (Lipinski definition) is 1. The number of hydrogen-bond acceptors (Lipinski definition) is 4. The second-order valence-corrected chi connectivity index (χ2v) is 4.26. The fraction of sp³-hybridized carbons (Fsp3) is 0.636. The Morgan fingerprint density at radius 1 is 1.50 bits per heavy atom. The Morgan fingerprint density at radius 2 is 2.00 bits per heavy atom. The number of nitriles is 1. The number of aliphatic carboxylic acids is 1. The molecule has 0 amide bonds. The Bertz CT molecular complexity index is 364. The molecular formula is C11H13NO4. The van der Waals surface area contributed by atoms with Crippen LogP contribution in [0, 0.1) is 22.7 Å². The number of carbonyl (C=O) groups is 3. The largest absolute Gasteiger partial charge is 0.480 e. The minimum absolute atomic E-state index is 0.212. The van der Waals surface area contributed by atoms with Gasteiger partial charge in [0, 0.05) is 12.8 Å². The molecule has 5 nitrogen and oxygen atoms in total. The zero-order chi connectivity index (χ0) is 12.3. The first-order valence-electron chi connectivity index (χ1n) is 5.11. The highest BCUT2D eigenvalue weighted by Crippen LogP contribution is 2.35. The van der Waals surface area contributed by atoms with Gasteiger partial charge in [0.2, 0.25) is 0 Å². The van der Waals surface area contributed by atoms with Crippen molar-refractivity contribution in [2.24, 2.45) is 11.3 Å². The molecular weight excluding hydrogens is 210 g/mol. The van der Waals surface area contributed by atoms with Crippen molar-refractivity contribution in [3.63, 3.8) is 0 Å². The molecule has 0 aromatic carbocycles. The molecule has 1 fully saturated rings. The molecule has 0 saturated heterocycles. The molecule has 1 aliphatic carbocycles. The van der Waals surface area contributed by atoms with Crippen molar-refractivity contribution in [2.75, 3.05) is 0 Å². The zero-order valence-electron chi connectivity index (χ0n) is 9.02. The maximum Gasteiger partial charge on any atom is 0.320 e. The molecule has 0 spiro atoms. The van der Waals surface area contributed by atoms with Crippen molar-refractivity contribution in [1.29, 1.82) is 5.26 Å². The lowest BCUT2D eigenvalue weighted by Gasteiger charge is -2.30. The monoisotopic (exact) mass is 223 g/mol. The molecule has 1 N–H and O–H groups in total. The van der Waals surface area contributed by atoms with Crippen molar-refractivity contribution >= 4 is 17.5 Å². The number of carboxylic acids is 1. The molecule has 0 bridgehead atoms. The Morgan fingerprint density at radius 3 is 2.38 bits per heavy atom.